The van der Waals surface area contributed by atoms with Crippen molar-refractivity contribution in [1.29, 1.82) is 0 Å². The average molecular weight is 643 g/mol. The largest absolute Gasteiger partial charge is 0.503 e. The van der Waals surface area contributed by atoms with Crippen LogP contribution in [0.3, 0.4) is 0 Å². The number of rotatable bonds is 8. The van der Waals surface area contributed by atoms with Crippen LogP contribution in [0.25, 0.3) is 0 Å². The van der Waals surface area contributed by atoms with Gasteiger partial charge in [-0.1, -0.05) is 53.7 Å². The van der Waals surface area contributed by atoms with Crippen LogP contribution in [0.1, 0.15) is 24.1 Å². The van der Waals surface area contributed by atoms with Crippen molar-refractivity contribution in [2.75, 3.05) is 24.9 Å². The summed E-state index contributed by atoms with van der Waals surface area (Å²) >= 11 is 11.2. The number of hydrogen-bond donors (Lipinski definition) is 3. The second-order valence-corrected chi connectivity index (χ2v) is 11.0. The Morgan fingerprint density at radius 3 is 2.62 bits per heavy atom. The molecule has 40 heavy (non-hydrogen) atoms. The Balaban J connectivity index is 1.56. The zero-order valence-electron chi connectivity index (χ0n) is 21.7. The van der Waals surface area contributed by atoms with Gasteiger partial charge >= 0.3 is 0 Å². The van der Waals surface area contributed by atoms with Gasteiger partial charge in [0.15, 0.2) is 11.5 Å². The molecule has 1 aliphatic rings. The molecule has 0 spiro atoms. The van der Waals surface area contributed by atoms with Gasteiger partial charge in [-0.15, -0.1) is 5.10 Å². The van der Waals surface area contributed by atoms with E-state index in [1.807, 2.05) is 43.3 Å². The number of amides is 1. The van der Waals surface area contributed by atoms with Gasteiger partial charge in [0.2, 0.25) is 11.1 Å². The molecule has 5 rings (SSSR count). The minimum atomic E-state index is -0.695. The molecule has 3 N–H and O–H groups in total. The molecule has 1 unspecified atom stereocenters. The number of para-hydroxylation sites is 2. The number of nitrogens with zero attached hydrogens (tertiary/aromatic N) is 3. The summed E-state index contributed by atoms with van der Waals surface area (Å²) in [6.45, 7) is 1.81. The number of phenols is 1. The van der Waals surface area contributed by atoms with E-state index in [4.69, 9.17) is 31.2 Å². The Hall–Kier alpha value is -3.67. The second kappa shape index (κ2) is 11.8. The highest BCUT2D eigenvalue weighted by Gasteiger charge is 2.35. The number of benzene rings is 3. The van der Waals surface area contributed by atoms with Crippen LogP contribution >= 0.6 is 39.3 Å². The second-order valence-electron chi connectivity index (χ2n) is 8.82. The van der Waals surface area contributed by atoms with Crippen LogP contribution in [0.2, 0.25) is 5.02 Å². The number of methoxy groups -OCH3 is 2. The van der Waals surface area contributed by atoms with Crippen molar-refractivity contribution in [2.45, 2.75) is 23.9 Å². The molecule has 0 saturated carbocycles. The van der Waals surface area contributed by atoms with Gasteiger partial charge in [-0.25, -0.2) is 4.68 Å². The molecule has 9 nitrogen and oxygen atoms in total. The first-order chi connectivity index (χ1) is 19.3. The number of nitrogens with one attached hydrogen (secondary N) is 2. The first-order valence-electron chi connectivity index (χ1n) is 12.1. The van der Waals surface area contributed by atoms with Gasteiger partial charge in [-0.3, -0.25) is 4.79 Å². The van der Waals surface area contributed by atoms with Crippen LogP contribution in [0, 0.1) is 0 Å². The van der Waals surface area contributed by atoms with Gasteiger partial charge < -0.3 is 25.2 Å². The summed E-state index contributed by atoms with van der Waals surface area (Å²) in [5.74, 6) is 1.43. The molecule has 2 heterocycles. The molecule has 0 radical (unpaired) electrons. The third-order valence-corrected chi connectivity index (χ3v) is 8.19. The topological polar surface area (TPSA) is 111 Å². The summed E-state index contributed by atoms with van der Waals surface area (Å²) in [5.41, 5.74) is 3.15. The molecule has 1 amide bonds. The minimum Gasteiger partial charge on any atom is -0.503 e. The summed E-state index contributed by atoms with van der Waals surface area (Å²) in [5, 5.41) is 22.6. The van der Waals surface area contributed by atoms with E-state index < -0.39 is 6.04 Å². The normalized spacial score (nSPS) is 14.4. The van der Waals surface area contributed by atoms with Crippen LogP contribution in [0.4, 0.5) is 11.6 Å². The Kier molecular flexibility index (Phi) is 8.24. The summed E-state index contributed by atoms with van der Waals surface area (Å²) in [6, 6.07) is 17.5. The van der Waals surface area contributed by atoms with Gasteiger partial charge in [0.25, 0.3) is 5.91 Å². The van der Waals surface area contributed by atoms with Gasteiger partial charge in [0.05, 0.1) is 30.0 Å². The lowest BCUT2D eigenvalue weighted by atomic mass is 9.94. The molecular formula is C28H25BrClN5O4S. The number of ether oxygens (including phenoxy) is 2. The maximum absolute atomic E-state index is 13.9. The number of allylic oxidation sites excluding steroid dienone is 1. The van der Waals surface area contributed by atoms with Crippen LogP contribution in [0.5, 0.6) is 17.2 Å². The lowest BCUT2D eigenvalue weighted by molar-refractivity contribution is -0.113. The van der Waals surface area contributed by atoms with E-state index in [2.05, 4.69) is 26.6 Å². The van der Waals surface area contributed by atoms with Gasteiger partial charge in [0.1, 0.15) is 11.8 Å². The van der Waals surface area contributed by atoms with Gasteiger partial charge in [-0.05, 0) is 64.3 Å². The number of carbonyl (C=O) groups excluding carboxylic acids is 1. The van der Waals surface area contributed by atoms with E-state index in [1.165, 1.54) is 18.9 Å². The Morgan fingerprint density at radius 2 is 1.88 bits per heavy atom. The monoisotopic (exact) mass is 641 g/mol. The molecule has 12 heteroatoms. The number of anilines is 2. The zero-order chi connectivity index (χ0) is 28.4. The standard InChI is InChI=1S/C28H25BrClN5O4S/c1-15-23(26(37)32-20-10-6-7-11-21(20)38-2)24(17-12-18(29)25(36)22(13-17)39-3)35-27(31-15)33-28(34-35)40-14-16-8-4-5-9-19(16)30/h4-13,24,36H,14H2,1-3H3,(H,32,37)(H,31,33,34). The maximum Gasteiger partial charge on any atom is 0.255 e. The fraction of sp³-hybridized carbons (Fsp3) is 0.179. The van der Waals surface area contributed by atoms with Crippen molar-refractivity contribution in [2.24, 2.45) is 0 Å². The molecule has 0 aliphatic carbocycles. The van der Waals surface area contributed by atoms with Crippen molar-refractivity contribution in [3.63, 3.8) is 0 Å². The van der Waals surface area contributed by atoms with Crippen molar-refractivity contribution in [3.05, 3.63) is 92.6 Å². The van der Waals surface area contributed by atoms with Crippen molar-refractivity contribution in [3.8, 4) is 17.2 Å². The number of aromatic hydroxyl groups is 1. The minimum absolute atomic E-state index is 0.0456. The summed E-state index contributed by atoms with van der Waals surface area (Å²) in [7, 11) is 3.01. The third-order valence-electron chi connectivity index (χ3n) is 6.33. The van der Waals surface area contributed by atoms with Crippen LogP contribution in [-0.2, 0) is 10.5 Å². The maximum atomic E-state index is 13.9. The smallest absolute Gasteiger partial charge is 0.255 e. The highest BCUT2D eigenvalue weighted by molar-refractivity contribution is 9.10. The Morgan fingerprint density at radius 1 is 1.15 bits per heavy atom. The average Bonchev–Trinajstić information content (AvgIpc) is 3.35. The molecular weight excluding hydrogens is 618 g/mol. The number of phenolic OH excluding ortho intramolecular Hbond substituents is 1. The SMILES string of the molecule is COc1ccccc1NC(=O)C1=C(C)Nc2nc(SCc3ccccc3Cl)nn2C1c1cc(Br)c(O)c(OC)c1. The number of fused-ring (bicyclic) bond motifs is 1. The molecule has 1 aliphatic heterocycles. The van der Waals surface area contributed by atoms with E-state index in [9.17, 15) is 9.90 Å². The molecule has 4 aromatic rings. The van der Waals surface area contributed by atoms with Crippen LogP contribution in [-0.4, -0.2) is 40.0 Å². The lowest BCUT2D eigenvalue weighted by Gasteiger charge is -2.29. The fourth-order valence-corrected chi connectivity index (χ4v) is 5.97. The Bertz CT molecular complexity index is 1630. The predicted molar refractivity (Wildman–Crippen MR) is 159 cm³/mol. The van der Waals surface area contributed by atoms with E-state index in [-0.39, 0.29) is 17.4 Å². The Labute approximate surface area is 248 Å². The van der Waals surface area contributed by atoms with Crippen molar-refractivity contribution >= 4 is 56.8 Å². The van der Waals surface area contributed by atoms with E-state index in [0.29, 0.717) is 54.6 Å². The quantitative estimate of drug-likeness (QED) is 0.184. The first-order valence-corrected chi connectivity index (χ1v) is 14.3. The van der Waals surface area contributed by atoms with Crippen molar-refractivity contribution in [1.82, 2.24) is 14.8 Å². The van der Waals surface area contributed by atoms with E-state index in [1.54, 1.807) is 36.1 Å². The third kappa shape index (κ3) is 5.49. The molecule has 206 valence electrons. The van der Waals surface area contributed by atoms with Crippen molar-refractivity contribution < 1.29 is 19.4 Å². The molecule has 3 aromatic carbocycles. The van der Waals surface area contributed by atoms with E-state index >= 15 is 0 Å². The summed E-state index contributed by atoms with van der Waals surface area (Å²) < 4.78 is 12.9. The zero-order valence-corrected chi connectivity index (χ0v) is 24.9. The van der Waals surface area contributed by atoms with E-state index in [0.717, 1.165) is 5.56 Å². The fourth-order valence-electron chi connectivity index (χ4n) is 4.40. The van der Waals surface area contributed by atoms with Crippen LogP contribution in [0.15, 0.2) is 81.6 Å². The molecule has 0 bridgehead atoms. The predicted octanol–water partition coefficient (Wildman–Crippen LogP) is 6.64. The molecule has 1 atom stereocenters. The summed E-state index contributed by atoms with van der Waals surface area (Å²) in [6.07, 6.45) is 0. The molecule has 0 saturated heterocycles. The first kappa shape index (κ1) is 27.9. The van der Waals surface area contributed by atoms with Gasteiger partial charge in [-0.2, -0.15) is 4.98 Å². The number of halogens is 2. The van der Waals surface area contributed by atoms with Crippen LogP contribution < -0.4 is 20.1 Å². The number of thioether (sulfide) groups is 1. The number of carbonyl (C=O) groups is 1. The molecule has 0 fully saturated rings. The van der Waals surface area contributed by atoms with Gasteiger partial charge in [0, 0.05) is 16.5 Å². The highest BCUT2D eigenvalue weighted by atomic mass is 79.9. The highest BCUT2D eigenvalue weighted by Crippen LogP contribution is 2.43. The number of hydrogen-bond acceptors (Lipinski definition) is 8. The summed E-state index contributed by atoms with van der Waals surface area (Å²) in [4.78, 5) is 18.6. The number of aromatic nitrogens is 3. The lowest BCUT2D eigenvalue weighted by Crippen LogP contribution is -2.31. The molecule has 1 aromatic heterocycles.